The zero-order valence-corrected chi connectivity index (χ0v) is 15.8. The molecule has 8 nitrogen and oxygen atoms in total. The lowest BCUT2D eigenvalue weighted by Crippen LogP contribution is -2.37. The first kappa shape index (κ1) is 19.1. The van der Waals surface area contributed by atoms with Crippen LogP contribution in [0.5, 0.6) is 0 Å². The van der Waals surface area contributed by atoms with E-state index in [-0.39, 0.29) is 11.3 Å². The summed E-state index contributed by atoms with van der Waals surface area (Å²) in [6.45, 7) is 3.83. The number of nitrogens with one attached hydrogen (secondary N) is 4. The van der Waals surface area contributed by atoms with Crippen molar-refractivity contribution < 1.29 is 13.2 Å². The van der Waals surface area contributed by atoms with Crippen LogP contribution in [-0.2, 0) is 9.84 Å². The Bertz CT molecular complexity index is 708. The number of hydrazine groups is 1. The molecule has 0 saturated carbocycles. The van der Waals surface area contributed by atoms with Crippen LogP contribution in [0.4, 0.5) is 10.5 Å². The van der Waals surface area contributed by atoms with Gasteiger partial charge in [-0.25, -0.2) is 13.2 Å². The first-order chi connectivity index (χ1) is 12.4. The average Bonchev–Trinajstić information content (AvgIpc) is 3.14. The summed E-state index contributed by atoms with van der Waals surface area (Å²) in [5.74, 6) is 0.364. The third-order valence-corrected chi connectivity index (χ3v) is 7.28. The maximum atomic E-state index is 12.7. The van der Waals surface area contributed by atoms with Gasteiger partial charge in [0.1, 0.15) is 0 Å². The number of hydrogen-bond donors (Lipinski definition) is 4. The smallest absolute Gasteiger partial charge is 0.319 e. The minimum atomic E-state index is -3.32. The van der Waals surface area contributed by atoms with Gasteiger partial charge in [0.15, 0.2) is 9.84 Å². The van der Waals surface area contributed by atoms with Gasteiger partial charge in [0, 0.05) is 31.2 Å². The molecule has 2 aliphatic heterocycles. The Kier molecular flexibility index (Phi) is 6.13. The molecule has 0 aliphatic carbocycles. The van der Waals surface area contributed by atoms with Gasteiger partial charge in [-0.15, -0.1) is 0 Å². The van der Waals surface area contributed by atoms with Gasteiger partial charge in [-0.1, -0.05) is 0 Å². The summed E-state index contributed by atoms with van der Waals surface area (Å²) in [4.78, 5) is 14.4. The van der Waals surface area contributed by atoms with Crippen LogP contribution >= 0.6 is 0 Å². The highest BCUT2D eigenvalue weighted by molar-refractivity contribution is 7.92. The molecule has 9 heteroatoms. The van der Waals surface area contributed by atoms with E-state index in [0.717, 1.165) is 26.2 Å². The van der Waals surface area contributed by atoms with Crippen LogP contribution < -0.4 is 21.5 Å². The van der Waals surface area contributed by atoms with Crippen LogP contribution in [0.25, 0.3) is 0 Å². The second-order valence-electron chi connectivity index (χ2n) is 7.03. The number of likely N-dealkylation sites (tertiary alicyclic amines) is 1. The van der Waals surface area contributed by atoms with Crippen molar-refractivity contribution in [2.75, 3.05) is 45.1 Å². The Morgan fingerprint density at radius 1 is 1.15 bits per heavy atom. The molecule has 0 atom stereocenters. The third kappa shape index (κ3) is 4.73. The zero-order valence-electron chi connectivity index (χ0n) is 15.0. The first-order valence-electron chi connectivity index (χ1n) is 8.98. The van der Waals surface area contributed by atoms with E-state index in [1.807, 2.05) is 7.05 Å². The van der Waals surface area contributed by atoms with E-state index < -0.39 is 9.84 Å². The molecule has 0 aromatic heterocycles. The Morgan fingerprint density at radius 2 is 1.77 bits per heavy atom. The fraction of sp³-hybridized carbons (Fsp3) is 0.588. The van der Waals surface area contributed by atoms with Crippen LogP contribution in [0.1, 0.15) is 12.8 Å². The van der Waals surface area contributed by atoms with Gasteiger partial charge in [0.05, 0.1) is 10.1 Å². The lowest BCUT2D eigenvalue weighted by Gasteiger charge is -2.28. The van der Waals surface area contributed by atoms with Crippen molar-refractivity contribution in [2.24, 2.45) is 5.92 Å². The largest absolute Gasteiger partial charge is 0.337 e. The molecule has 2 aliphatic rings. The summed E-state index contributed by atoms with van der Waals surface area (Å²) in [6, 6.07) is 6.14. The summed E-state index contributed by atoms with van der Waals surface area (Å²) in [5, 5.41) is 5.23. The van der Waals surface area contributed by atoms with Gasteiger partial charge in [0.25, 0.3) is 0 Å². The van der Waals surface area contributed by atoms with Gasteiger partial charge >= 0.3 is 6.03 Å². The molecule has 1 aromatic rings. The maximum absolute atomic E-state index is 12.7. The van der Waals surface area contributed by atoms with E-state index in [1.54, 1.807) is 24.3 Å². The predicted molar refractivity (Wildman–Crippen MR) is 101 cm³/mol. The zero-order chi connectivity index (χ0) is 18.6. The number of carbonyl (C=O) groups is 1. The van der Waals surface area contributed by atoms with E-state index >= 15 is 0 Å². The van der Waals surface area contributed by atoms with E-state index in [2.05, 4.69) is 26.4 Å². The number of benzene rings is 1. The van der Waals surface area contributed by atoms with Crippen LogP contribution in [0.15, 0.2) is 29.2 Å². The summed E-state index contributed by atoms with van der Waals surface area (Å²) >= 11 is 0. The molecular formula is C17H27N5O3S. The van der Waals surface area contributed by atoms with Gasteiger partial charge in [0.2, 0.25) is 0 Å². The summed E-state index contributed by atoms with van der Waals surface area (Å²) in [7, 11) is -1.31. The summed E-state index contributed by atoms with van der Waals surface area (Å²) < 4.78 is 25.5. The van der Waals surface area contributed by atoms with Crippen molar-refractivity contribution in [1.82, 2.24) is 21.1 Å². The molecule has 0 radical (unpaired) electrons. The number of urea groups is 1. The van der Waals surface area contributed by atoms with Crippen LogP contribution in [0.3, 0.4) is 0 Å². The number of amides is 2. The molecule has 0 bridgehead atoms. The lowest BCUT2D eigenvalue weighted by molar-refractivity contribution is 0.250. The van der Waals surface area contributed by atoms with Crippen molar-refractivity contribution >= 4 is 21.6 Å². The quantitative estimate of drug-likeness (QED) is 0.589. The average molecular weight is 382 g/mol. The second kappa shape index (κ2) is 8.34. The molecule has 26 heavy (non-hydrogen) atoms. The molecule has 2 fully saturated rings. The molecule has 4 N–H and O–H groups in total. The van der Waals surface area contributed by atoms with E-state index in [1.165, 1.54) is 0 Å². The van der Waals surface area contributed by atoms with Crippen LogP contribution in [0.2, 0.25) is 0 Å². The number of carbonyl (C=O) groups excluding carboxylic acids is 1. The van der Waals surface area contributed by atoms with E-state index in [4.69, 9.17) is 0 Å². The second-order valence-corrected chi connectivity index (χ2v) is 9.26. The van der Waals surface area contributed by atoms with Crippen molar-refractivity contribution in [3.8, 4) is 0 Å². The Morgan fingerprint density at radius 3 is 2.38 bits per heavy atom. The van der Waals surface area contributed by atoms with Crippen molar-refractivity contribution in [3.63, 3.8) is 0 Å². The van der Waals surface area contributed by atoms with Gasteiger partial charge in [-0.05, 0) is 57.2 Å². The standard InChI is InChI=1S/C17H27N5O3S/c1-22-8-6-16(7-9-22)26(24,25)15-4-2-14(3-5-15)21-17(23)18-10-13-11-19-20-12-13/h2-5,13,16,19-20H,6-12H2,1H3,(H2,18,21,23). The number of sulfone groups is 1. The number of piperidine rings is 1. The minimum Gasteiger partial charge on any atom is -0.337 e. The SMILES string of the molecule is CN1CCC(S(=O)(=O)c2ccc(NC(=O)NCC3CNNC3)cc2)CC1. The highest BCUT2D eigenvalue weighted by Crippen LogP contribution is 2.25. The topological polar surface area (TPSA) is 103 Å². The normalized spacial score (nSPS) is 20.2. The molecular weight excluding hydrogens is 354 g/mol. The summed E-state index contributed by atoms with van der Waals surface area (Å²) in [6.07, 6.45) is 1.32. The molecule has 1 aromatic carbocycles. The molecule has 3 rings (SSSR count). The number of hydrogen-bond acceptors (Lipinski definition) is 6. The monoisotopic (exact) mass is 381 g/mol. The van der Waals surface area contributed by atoms with Gasteiger partial charge < -0.3 is 15.5 Å². The summed E-state index contributed by atoms with van der Waals surface area (Å²) in [5.41, 5.74) is 6.60. The molecule has 2 amide bonds. The predicted octanol–water partition coefficient (Wildman–Crippen LogP) is 0.400. The van der Waals surface area contributed by atoms with Crippen molar-refractivity contribution in [2.45, 2.75) is 23.0 Å². The van der Waals surface area contributed by atoms with Gasteiger partial charge in [-0.2, -0.15) is 0 Å². The Balaban J connectivity index is 1.54. The first-order valence-corrected chi connectivity index (χ1v) is 10.5. The van der Waals surface area contributed by atoms with E-state index in [0.29, 0.717) is 35.9 Å². The van der Waals surface area contributed by atoms with Crippen molar-refractivity contribution in [3.05, 3.63) is 24.3 Å². The molecule has 0 spiro atoms. The maximum Gasteiger partial charge on any atom is 0.319 e. The Hall–Kier alpha value is -1.68. The number of rotatable bonds is 5. The highest BCUT2D eigenvalue weighted by Gasteiger charge is 2.30. The van der Waals surface area contributed by atoms with Crippen LogP contribution in [0, 0.1) is 5.92 Å². The lowest BCUT2D eigenvalue weighted by atomic mass is 10.1. The molecule has 144 valence electrons. The number of anilines is 1. The Labute approximate surface area is 154 Å². The van der Waals surface area contributed by atoms with Crippen LogP contribution in [-0.4, -0.2) is 64.4 Å². The highest BCUT2D eigenvalue weighted by atomic mass is 32.2. The van der Waals surface area contributed by atoms with Gasteiger partial charge in [-0.3, -0.25) is 10.9 Å². The van der Waals surface area contributed by atoms with Crippen molar-refractivity contribution in [1.29, 1.82) is 0 Å². The minimum absolute atomic E-state index is 0.289. The molecule has 2 heterocycles. The molecule has 0 unspecified atom stereocenters. The number of nitrogens with zero attached hydrogens (tertiary/aromatic N) is 1. The molecule has 2 saturated heterocycles. The van der Waals surface area contributed by atoms with E-state index in [9.17, 15) is 13.2 Å². The fourth-order valence-corrected chi connectivity index (χ4v) is 5.01. The fourth-order valence-electron chi connectivity index (χ4n) is 3.28. The third-order valence-electron chi connectivity index (χ3n) is 5.00.